The van der Waals surface area contributed by atoms with Gasteiger partial charge < -0.3 is 15.0 Å². The first kappa shape index (κ1) is 21.4. The van der Waals surface area contributed by atoms with Gasteiger partial charge in [-0.3, -0.25) is 14.2 Å². The summed E-state index contributed by atoms with van der Waals surface area (Å²) in [7, 11) is 0. The molecule has 1 saturated heterocycles. The van der Waals surface area contributed by atoms with E-state index in [2.05, 4.69) is 15.0 Å². The van der Waals surface area contributed by atoms with Crippen LogP contribution in [0.5, 0.6) is 0 Å². The molecule has 10 heteroatoms. The number of nitrogens with zero attached hydrogens (tertiary/aromatic N) is 4. The number of carboxylic acids is 1. The van der Waals surface area contributed by atoms with Gasteiger partial charge in [0.1, 0.15) is 5.53 Å². The maximum absolute atomic E-state index is 12.7. The normalized spacial score (nSPS) is 18.9. The lowest BCUT2D eigenvalue weighted by Gasteiger charge is -2.36. The van der Waals surface area contributed by atoms with E-state index in [1.165, 1.54) is 4.57 Å². The van der Waals surface area contributed by atoms with Crippen molar-refractivity contribution in [3.05, 3.63) is 74.9 Å². The third kappa shape index (κ3) is 4.27. The Morgan fingerprint density at radius 1 is 1.19 bits per heavy atom. The minimum Gasteiger partial charge on any atom is -0.481 e. The number of nitrogens with one attached hydrogen (secondary N) is 2. The highest BCUT2D eigenvalue weighted by atomic mass is 16.4. The number of likely N-dealkylation sites (tertiary alicyclic amines) is 1. The predicted molar refractivity (Wildman–Crippen MR) is 117 cm³/mol. The van der Waals surface area contributed by atoms with Crippen LogP contribution in [0.4, 0.5) is 5.69 Å². The van der Waals surface area contributed by atoms with Gasteiger partial charge in [-0.25, -0.2) is 4.79 Å². The molecule has 0 bridgehead atoms. The zero-order valence-corrected chi connectivity index (χ0v) is 17.3. The first-order chi connectivity index (χ1) is 15.5. The van der Waals surface area contributed by atoms with Crippen LogP contribution in [0, 0.1) is 11.4 Å². The molecule has 1 aliphatic rings. The summed E-state index contributed by atoms with van der Waals surface area (Å²) in [5, 5.41) is 14.0. The van der Waals surface area contributed by atoms with Gasteiger partial charge in [0.15, 0.2) is 10.8 Å². The van der Waals surface area contributed by atoms with Crippen LogP contribution in [0.25, 0.3) is 10.9 Å². The highest BCUT2D eigenvalue weighted by Gasteiger charge is 2.35. The van der Waals surface area contributed by atoms with Gasteiger partial charge in [0.25, 0.3) is 5.56 Å². The number of hydrogen-bond donors (Lipinski definition) is 3. The summed E-state index contributed by atoms with van der Waals surface area (Å²) in [5.74, 6) is -1.73. The van der Waals surface area contributed by atoms with Gasteiger partial charge >= 0.3 is 11.7 Å². The standard InChI is InChI=1S/C22H22N6O4/c23-26-25-15-5-3-4-14(12-15)16-8-9-27(13-18(16)21(30)31)10-11-28-20(29)17-6-1-2-7-19(17)24-22(28)32/h1-7,12,16,18,23H,8-11,13H2,(H-,24,29,30,31,32)/p+1. The summed E-state index contributed by atoms with van der Waals surface area (Å²) in [5.41, 5.74) is 7.93. The molecule has 2 heterocycles. The Hall–Kier alpha value is -3.88. The molecule has 164 valence electrons. The molecule has 1 aliphatic heterocycles. The lowest BCUT2D eigenvalue weighted by molar-refractivity contribution is -0.144. The highest BCUT2D eigenvalue weighted by Crippen LogP contribution is 2.34. The summed E-state index contributed by atoms with van der Waals surface area (Å²) in [4.78, 5) is 44.9. The molecule has 3 N–H and O–H groups in total. The Labute approximate surface area is 182 Å². The highest BCUT2D eigenvalue weighted by molar-refractivity contribution is 5.76. The minimum absolute atomic E-state index is 0.176. The van der Waals surface area contributed by atoms with Crippen LogP contribution in [0.1, 0.15) is 17.9 Å². The van der Waals surface area contributed by atoms with Crippen molar-refractivity contribution < 1.29 is 9.90 Å². The van der Waals surface area contributed by atoms with Gasteiger partial charge in [-0.15, -0.1) is 0 Å². The van der Waals surface area contributed by atoms with Crippen molar-refractivity contribution in [3.8, 4) is 0 Å². The molecule has 32 heavy (non-hydrogen) atoms. The van der Waals surface area contributed by atoms with Crippen LogP contribution < -0.4 is 16.2 Å². The van der Waals surface area contributed by atoms with E-state index >= 15 is 0 Å². The third-order valence-corrected chi connectivity index (χ3v) is 6.01. The first-order valence-corrected chi connectivity index (χ1v) is 10.3. The van der Waals surface area contributed by atoms with Crippen molar-refractivity contribution in [1.82, 2.24) is 19.4 Å². The van der Waals surface area contributed by atoms with Crippen LogP contribution in [0.15, 0.2) is 63.2 Å². The second kappa shape index (κ2) is 9.09. The van der Waals surface area contributed by atoms with Crippen molar-refractivity contribution in [1.29, 1.82) is 5.53 Å². The molecule has 2 atom stereocenters. The lowest BCUT2D eigenvalue weighted by Crippen LogP contribution is -2.46. The Balaban J connectivity index is 1.51. The predicted octanol–water partition coefficient (Wildman–Crippen LogP) is 2.06. The van der Waals surface area contributed by atoms with E-state index in [1.807, 2.05) is 11.0 Å². The number of rotatable bonds is 6. The lowest BCUT2D eigenvalue weighted by atomic mass is 9.80. The molecule has 4 rings (SSSR count). The van der Waals surface area contributed by atoms with Crippen molar-refractivity contribution in [2.45, 2.75) is 18.9 Å². The number of hydrogen-bond acceptors (Lipinski definition) is 6. The summed E-state index contributed by atoms with van der Waals surface area (Å²) in [6.45, 7) is 1.52. The average molecular weight is 435 g/mol. The molecule has 0 amide bonds. The van der Waals surface area contributed by atoms with Crippen LogP contribution in [-0.4, -0.2) is 45.2 Å². The van der Waals surface area contributed by atoms with Gasteiger partial charge in [0.2, 0.25) is 4.91 Å². The van der Waals surface area contributed by atoms with Crippen molar-refractivity contribution in [2.75, 3.05) is 19.6 Å². The number of aromatic nitrogens is 2. The zero-order chi connectivity index (χ0) is 22.7. The van der Waals surface area contributed by atoms with Crippen molar-refractivity contribution in [3.63, 3.8) is 0 Å². The molecule has 1 fully saturated rings. The number of carboxylic acid groups (broad SMARTS) is 1. The van der Waals surface area contributed by atoms with E-state index in [4.69, 9.17) is 5.53 Å². The number of benzene rings is 2. The van der Waals surface area contributed by atoms with E-state index in [-0.39, 0.29) is 18.0 Å². The average Bonchev–Trinajstić information content (AvgIpc) is 2.79. The van der Waals surface area contributed by atoms with E-state index in [0.717, 1.165) is 5.56 Å². The van der Waals surface area contributed by atoms with Crippen molar-refractivity contribution in [2.24, 2.45) is 11.0 Å². The molecular formula is C22H23N6O4+. The van der Waals surface area contributed by atoms with Gasteiger partial charge in [-0.05, 0) is 48.7 Å². The summed E-state index contributed by atoms with van der Waals surface area (Å²) < 4.78 is 1.17. The van der Waals surface area contributed by atoms with Crippen LogP contribution in [-0.2, 0) is 11.3 Å². The number of H-pyrrole nitrogens is 1. The Morgan fingerprint density at radius 2 is 2.00 bits per heavy atom. The Bertz CT molecular complexity index is 1320. The molecular weight excluding hydrogens is 412 g/mol. The number of aromatic amines is 1. The van der Waals surface area contributed by atoms with Crippen LogP contribution in [0.3, 0.4) is 0 Å². The first-order valence-electron chi connectivity index (χ1n) is 10.3. The molecule has 10 nitrogen and oxygen atoms in total. The SMILES string of the molecule is N=[N+]=Nc1cccc(C2CCN(CCn3c(=O)[nH]c4ccccc4c3=O)CC2C(=O)O)c1. The van der Waals surface area contributed by atoms with E-state index in [0.29, 0.717) is 42.6 Å². The molecule has 0 spiro atoms. The third-order valence-electron chi connectivity index (χ3n) is 6.01. The zero-order valence-electron chi connectivity index (χ0n) is 17.3. The Kier molecular flexibility index (Phi) is 6.07. The molecule has 1 aromatic heterocycles. The molecule has 0 saturated carbocycles. The smallest absolute Gasteiger partial charge is 0.328 e. The van der Waals surface area contributed by atoms with Gasteiger partial charge in [-0.2, -0.15) is 0 Å². The quantitative estimate of drug-likeness (QED) is 0.401. The molecule has 0 aliphatic carbocycles. The minimum atomic E-state index is -0.895. The van der Waals surface area contributed by atoms with Crippen LogP contribution >= 0.6 is 0 Å². The summed E-state index contributed by atoms with van der Waals surface area (Å²) in [6.07, 6.45) is 0.613. The van der Waals surface area contributed by atoms with Gasteiger partial charge in [0, 0.05) is 19.6 Å². The maximum atomic E-state index is 12.7. The van der Waals surface area contributed by atoms with Crippen LogP contribution in [0.2, 0.25) is 0 Å². The largest absolute Gasteiger partial charge is 0.481 e. The number of para-hydroxylation sites is 1. The molecule has 0 radical (unpaired) electrons. The number of aliphatic carboxylic acids is 1. The van der Waals surface area contributed by atoms with E-state index < -0.39 is 17.6 Å². The second-order valence-corrected chi connectivity index (χ2v) is 7.87. The fraction of sp³-hybridized carbons (Fsp3) is 0.318. The van der Waals surface area contributed by atoms with Gasteiger partial charge in [-0.1, -0.05) is 24.3 Å². The number of carbonyl (C=O) groups is 1. The molecule has 2 aromatic carbocycles. The monoisotopic (exact) mass is 435 g/mol. The summed E-state index contributed by atoms with van der Waals surface area (Å²) in [6, 6.07) is 14.0. The topological polar surface area (TPSA) is 146 Å². The summed E-state index contributed by atoms with van der Waals surface area (Å²) >= 11 is 0. The van der Waals surface area contributed by atoms with E-state index in [9.17, 15) is 19.5 Å². The maximum Gasteiger partial charge on any atom is 0.328 e. The number of fused-ring (bicyclic) bond motifs is 1. The Morgan fingerprint density at radius 3 is 2.78 bits per heavy atom. The van der Waals surface area contributed by atoms with Crippen molar-refractivity contribution >= 4 is 22.6 Å². The second-order valence-electron chi connectivity index (χ2n) is 7.87. The molecule has 3 aromatic rings. The fourth-order valence-electron chi connectivity index (χ4n) is 4.39. The number of piperidine rings is 1. The van der Waals surface area contributed by atoms with Gasteiger partial charge in [0.05, 0.1) is 16.8 Å². The fourth-order valence-corrected chi connectivity index (χ4v) is 4.39. The van der Waals surface area contributed by atoms with E-state index in [1.54, 1.807) is 42.5 Å². The molecule has 2 unspecified atom stereocenters.